The van der Waals surface area contributed by atoms with Crippen LogP contribution in [0.1, 0.15) is 31.1 Å². The molecule has 0 bridgehead atoms. The number of amides is 1. The summed E-state index contributed by atoms with van der Waals surface area (Å²) in [5.74, 6) is -0.524. The van der Waals surface area contributed by atoms with Gasteiger partial charge in [0.2, 0.25) is 11.0 Å². The van der Waals surface area contributed by atoms with E-state index in [9.17, 15) is 9.18 Å². The molecule has 7 nitrogen and oxygen atoms in total. The maximum atomic E-state index is 13.4. The minimum absolute atomic E-state index is 0.223. The summed E-state index contributed by atoms with van der Waals surface area (Å²) >= 11 is 1.26. The van der Waals surface area contributed by atoms with Gasteiger partial charge in [-0.25, -0.2) is 9.07 Å². The number of benzene rings is 3. The SMILES string of the molecule is CC(C)(C(=O)Nc1nncs1)C(OCc1ccccc1)c1ccc2c(cnn2-c2ccc(F)cc2)c1. The zero-order valence-corrected chi connectivity index (χ0v) is 20.6. The highest BCUT2D eigenvalue weighted by Crippen LogP contribution is 2.39. The molecule has 1 atom stereocenters. The summed E-state index contributed by atoms with van der Waals surface area (Å²) in [5.41, 5.74) is 4.10. The largest absolute Gasteiger partial charge is 0.368 e. The van der Waals surface area contributed by atoms with Crippen LogP contribution in [-0.4, -0.2) is 25.9 Å². The number of nitrogens with one attached hydrogen (secondary N) is 1. The molecule has 1 unspecified atom stereocenters. The first kappa shape index (κ1) is 23.8. The lowest BCUT2D eigenvalue weighted by Gasteiger charge is -2.33. The molecule has 3 aromatic carbocycles. The molecule has 36 heavy (non-hydrogen) atoms. The maximum Gasteiger partial charge on any atom is 0.234 e. The average molecular weight is 502 g/mol. The number of fused-ring (bicyclic) bond motifs is 1. The van der Waals surface area contributed by atoms with Crippen molar-refractivity contribution in [2.45, 2.75) is 26.6 Å². The van der Waals surface area contributed by atoms with Crippen LogP contribution in [0.3, 0.4) is 0 Å². The third kappa shape index (κ3) is 4.89. The highest BCUT2D eigenvalue weighted by molar-refractivity contribution is 7.13. The molecule has 0 aliphatic heterocycles. The van der Waals surface area contributed by atoms with E-state index in [1.165, 1.54) is 23.5 Å². The number of hydrogen-bond donors (Lipinski definition) is 1. The van der Waals surface area contributed by atoms with E-state index in [-0.39, 0.29) is 11.7 Å². The second-order valence-corrected chi connectivity index (χ2v) is 9.78. The monoisotopic (exact) mass is 501 g/mol. The first-order valence-electron chi connectivity index (χ1n) is 11.4. The van der Waals surface area contributed by atoms with Crippen molar-refractivity contribution in [3.63, 3.8) is 0 Å². The van der Waals surface area contributed by atoms with Gasteiger partial charge in [0.05, 0.1) is 35.5 Å². The Balaban J connectivity index is 1.49. The summed E-state index contributed by atoms with van der Waals surface area (Å²) in [6.45, 7) is 4.05. The van der Waals surface area contributed by atoms with Gasteiger partial charge in [0, 0.05) is 5.39 Å². The first-order valence-corrected chi connectivity index (χ1v) is 12.3. The lowest BCUT2D eigenvalue weighted by Crippen LogP contribution is -2.37. The minimum Gasteiger partial charge on any atom is -0.368 e. The molecular weight excluding hydrogens is 477 g/mol. The topological polar surface area (TPSA) is 81.9 Å². The van der Waals surface area contributed by atoms with Gasteiger partial charge in [-0.1, -0.05) is 47.7 Å². The number of carbonyl (C=O) groups excluding carboxylic acids is 1. The maximum absolute atomic E-state index is 13.4. The van der Waals surface area contributed by atoms with Crippen molar-refractivity contribution in [1.82, 2.24) is 20.0 Å². The molecule has 1 N–H and O–H groups in total. The Hall–Kier alpha value is -3.95. The number of carbonyl (C=O) groups is 1. The molecule has 0 spiro atoms. The second-order valence-electron chi connectivity index (χ2n) is 8.95. The van der Waals surface area contributed by atoms with Crippen molar-refractivity contribution in [2.75, 3.05) is 5.32 Å². The van der Waals surface area contributed by atoms with Crippen molar-refractivity contribution in [2.24, 2.45) is 5.41 Å². The normalized spacial score (nSPS) is 12.5. The van der Waals surface area contributed by atoms with E-state index in [1.54, 1.807) is 28.5 Å². The smallest absolute Gasteiger partial charge is 0.234 e. The molecule has 0 saturated carbocycles. The zero-order chi connectivity index (χ0) is 25.1. The fourth-order valence-corrected chi connectivity index (χ4v) is 4.52. The van der Waals surface area contributed by atoms with Crippen molar-refractivity contribution < 1.29 is 13.9 Å². The average Bonchev–Trinajstić information content (AvgIpc) is 3.55. The molecule has 5 rings (SSSR count). The lowest BCUT2D eigenvalue weighted by molar-refractivity contribution is -0.134. The van der Waals surface area contributed by atoms with Crippen LogP contribution in [-0.2, 0) is 16.1 Å². The summed E-state index contributed by atoms with van der Waals surface area (Å²) in [7, 11) is 0. The van der Waals surface area contributed by atoms with Gasteiger partial charge < -0.3 is 4.74 Å². The molecule has 0 saturated heterocycles. The fraction of sp³-hybridized carbons (Fsp3) is 0.185. The van der Waals surface area contributed by atoms with Crippen molar-refractivity contribution in [3.05, 3.63) is 101 Å². The number of anilines is 1. The summed E-state index contributed by atoms with van der Waals surface area (Å²) in [4.78, 5) is 13.3. The van der Waals surface area contributed by atoms with E-state index < -0.39 is 11.5 Å². The van der Waals surface area contributed by atoms with Crippen LogP contribution in [0, 0.1) is 11.2 Å². The number of nitrogens with zero attached hydrogens (tertiary/aromatic N) is 4. The standard InChI is InChI=1S/C27H24FN5O2S/c1-27(2,25(34)31-26-32-29-17-36-26)24(35-16-18-6-4-3-5-7-18)19-8-13-23-20(14-19)15-30-33(23)22-11-9-21(28)10-12-22/h3-15,17,24H,16H2,1-2H3,(H,31,32,34). The Morgan fingerprint density at radius 2 is 1.89 bits per heavy atom. The molecule has 2 aromatic heterocycles. The predicted molar refractivity (Wildman–Crippen MR) is 137 cm³/mol. The van der Waals surface area contributed by atoms with E-state index in [4.69, 9.17) is 4.74 Å². The van der Waals surface area contributed by atoms with Gasteiger partial charge in [0.15, 0.2) is 0 Å². The predicted octanol–water partition coefficient (Wildman–Crippen LogP) is 5.94. The van der Waals surface area contributed by atoms with Gasteiger partial charge >= 0.3 is 0 Å². The van der Waals surface area contributed by atoms with Crippen LogP contribution < -0.4 is 5.32 Å². The molecule has 0 aliphatic rings. The van der Waals surface area contributed by atoms with Crippen molar-refractivity contribution >= 4 is 33.3 Å². The van der Waals surface area contributed by atoms with Crippen LogP contribution in [0.2, 0.25) is 0 Å². The first-order chi connectivity index (χ1) is 17.4. The molecule has 1 amide bonds. The Labute approximate surface area is 211 Å². The van der Waals surface area contributed by atoms with E-state index in [2.05, 4.69) is 20.6 Å². The molecule has 0 radical (unpaired) electrons. The van der Waals surface area contributed by atoms with Gasteiger partial charge in [0.1, 0.15) is 11.3 Å². The summed E-state index contributed by atoms with van der Waals surface area (Å²) in [6.07, 6.45) is 1.19. The lowest BCUT2D eigenvalue weighted by atomic mass is 9.81. The van der Waals surface area contributed by atoms with Crippen LogP contribution >= 0.6 is 11.3 Å². The Morgan fingerprint density at radius 3 is 2.61 bits per heavy atom. The third-order valence-corrected chi connectivity index (χ3v) is 6.65. The summed E-state index contributed by atoms with van der Waals surface area (Å²) < 4.78 is 21.6. The molecule has 5 aromatic rings. The Kier molecular flexibility index (Phi) is 6.58. The van der Waals surface area contributed by atoms with E-state index in [0.29, 0.717) is 11.7 Å². The van der Waals surface area contributed by atoms with E-state index in [1.807, 2.05) is 62.4 Å². The van der Waals surface area contributed by atoms with Crippen LogP contribution in [0.5, 0.6) is 0 Å². The van der Waals surface area contributed by atoms with Gasteiger partial charge in [-0.05, 0) is 61.4 Å². The second kappa shape index (κ2) is 9.96. The molecule has 0 aliphatic carbocycles. The third-order valence-electron chi connectivity index (χ3n) is 6.05. The molecule has 182 valence electrons. The number of halogens is 1. The Morgan fingerprint density at radius 1 is 1.11 bits per heavy atom. The summed E-state index contributed by atoms with van der Waals surface area (Å²) in [5, 5.41) is 16.4. The number of aromatic nitrogens is 4. The minimum atomic E-state index is -0.943. The quantitative estimate of drug-likeness (QED) is 0.285. The number of ether oxygens (including phenoxy) is 1. The van der Waals surface area contributed by atoms with Gasteiger partial charge in [-0.15, -0.1) is 10.2 Å². The summed E-state index contributed by atoms with van der Waals surface area (Å²) in [6, 6.07) is 21.9. The van der Waals surface area contributed by atoms with Crippen LogP contribution in [0.25, 0.3) is 16.6 Å². The van der Waals surface area contributed by atoms with Crippen molar-refractivity contribution in [1.29, 1.82) is 0 Å². The Bertz CT molecular complexity index is 1470. The van der Waals surface area contributed by atoms with E-state index in [0.717, 1.165) is 27.7 Å². The van der Waals surface area contributed by atoms with Gasteiger partial charge in [-0.2, -0.15) is 5.10 Å². The fourth-order valence-electron chi connectivity index (χ4n) is 4.08. The van der Waals surface area contributed by atoms with Crippen LogP contribution in [0.4, 0.5) is 9.52 Å². The molecular formula is C27H24FN5O2S. The van der Waals surface area contributed by atoms with E-state index >= 15 is 0 Å². The van der Waals surface area contributed by atoms with Crippen molar-refractivity contribution in [3.8, 4) is 5.69 Å². The number of rotatable bonds is 8. The highest BCUT2D eigenvalue weighted by Gasteiger charge is 2.39. The number of hydrogen-bond acceptors (Lipinski definition) is 6. The molecule has 0 fully saturated rings. The molecule has 2 heterocycles. The van der Waals surface area contributed by atoms with Gasteiger partial charge in [-0.3, -0.25) is 10.1 Å². The molecule has 9 heteroatoms. The highest BCUT2D eigenvalue weighted by atomic mass is 32.1. The zero-order valence-electron chi connectivity index (χ0n) is 19.8. The van der Waals surface area contributed by atoms with Crippen LogP contribution in [0.15, 0.2) is 84.5 Å². The van der Waals surface area contributed by atoms with Gasteiger partial charge in [0.25, 0.3) is 0 Å².